The van der Waals surface area contributed by atoms with Crippen molar-refractivity contribution in [2.75, 3.05) is 25.0 Å². The summed E-state index contributed by atoms with van der Waals surface area (Å²) in [6.07, 6.45) is 7.37. The van der Waals surface area contributed by atoms with Gasteiger partial charge in [0.25, 0.3) is 0 Å². The van der Waals surface area contributed by atoms with E-state index in [9.17, 15) is 4.79 Å². The SMILES string of the molecule is CCn1cc(-c2cc(-c3cnc(C)cn3)c3ccc(N4CCN(C)C4=O)cc3n2)cn1. The van der Waals surface area contributed by atoms with Gasteiger partial charge < -0.3 is 4.90 Å². The standard InChI is InChI=1S/C23H23N7O/c1-4-29-14-16(12-26-29)20-10-19(22-13-24-15(2)11-25-22)18-6-5-17(9-21(18)27-20)30-8-7-28(3)23(30)31/h5-6,9-14H,4,7-8H2,1-3H3. The van der Waals surface area contributed by atoms with E-state index in [0.717, 1.165) is 51.3 Å². The average molecular weight is 413 g/mol. The van der Waals surface area contributed by atoms with Crippen molar-refractivity contribution >= 4 is 22.6 Å². The maximum atomic E-state index is 12.5. The Hall–Kier alpha value is -3.81. The Balaban J connectivity index is 1.69. The quantitative estimate of drug-likeness (QED) is 0.509. The maximum absolute atomic E-state index is 12.5. The van der Waals surface area contributed by atoms with E-state index in [1.807, 2.05) is 62.2 Å². The smallest absolute Gasteiger partial charge is 0.324 e. The summed E-state index contributed by atoms with van der Waals surface area (Å²) in [6, 6.07) is 8.00. The van der Waals surface area contributed by atoms with Crippen LogP contribution in [-0.2, 0) is 6.54 Å². The molecule has 8 heteroatoms. The van der Waals surface area contributed by atoms with Crippen LogP contribution in [0.15, 0.2) is 49.1 Å². The zero-order valence-electron chi connectivity index (χ0n) is 17.8. The highest BCUT2D eigenvalue weighted by Gasteiger charge is 2.27. The molecule has 1 aliphatic rings. The predicted octanol–water partition coefficient (Wildman–Crippen LogP) is 3.76. The second-order valence-electron chi connectivity index (χ2n) is 7.74. The van der Waals surface area contributed by atoms with E-state index < -0.39 is 0 Å². The lowest BCUT2D eigenvalue weighted by Crippen LogP contribution is -2.29. The van der Waals surface area contributed by atoms with Gasteiger partial charge in [-0.15, -0.1) is 0 Å². The lowest BCUT2D eigenvalue weighted by atomic mass is 10.0. The fourth-order valence-corrected chi connectivity index (χ4v) is 3.83. The van der Waals surface area contributed by atoms with Gasteiger partial charge in [-0.25, -0.2) is 9.78 Å². The van der Waals surface area contributed by atoms with Crippen LogP contribution < -0.4 is 4.90 Å². The van der Waals surface area contributed by atoms with Gasteiger partial charge in [-0.3, -0.25) is 19.5 Å². The van der Waals surface area contributed by atoms with E-state index >= 15 is 0 Å². The molecule has 0 atom stereocenters. The molecule has 2 amide bonds. The Morgan fingerprint density at radius 2 is 1.90 bits per heavy atom. The van der Waals surface area contributed by atoms with Crippen molar-refractivity contribution in [2.24, 2.45) is 0 Å². The summed E-state index contributed by atoms with van der Waals surface area (Å²) in [7, 11) is 1.82. The van der Waals surface area contributed by atoms with Gasteiger partial charge in [-0.1, -0.05) is 6.07 Å². The number of rotatable bonds is 4. The molecule has 4 heterocycles. The molecule has 0 spiro atoms. The summed E-state index contributed by atoms with van der Waals surface area (Å²) < 4.78 is 1.88. The second-order valence-corrected chi connectivity index (χ2v) is 7.74. The number of pyridine rings is 1. The van der Waals surface area contributed by atoms with Crippen molar-refractivity contribution in [1.82, 2.24) is 29.6 Å². The summed E-state index contributed by atoms with van der Waals surface area (Å²) in [5, 5.41) is 5.36. The van der Waals surface area contributed by atoms with Crippen molar-refractivity contribution in [3.63, 3.8) is 0 Å². The Bertz CT molecular complexity index is 1280. The molecular weight excluding hydrogens is 390 g/mol. The molecule has 1 aliphatic heterocycles. The Morgan fingerprint density at radius 3 is 2.58 bits per heavy atom. The minimum absolute atomic E-state index is 0.00403. The van der Waals surface area contributed by atoms with Crippen molar-refractivity contribution in [1.29, 1.82) is 0 Å². The number of amides is 2. The third-order valence-corrected chi connectivity index (χ3v) is 5.63. The number of carbonyl (C=O) groups is 1. The van der Waals surface area contributed by atoms with E-state index in [1.54, 1.807) is 22.2 Å². The molecule has 1 fully saturated rings. The number of aryl methyl sites for hydroxylation is 2. The summed E-state index contributed by atoms with van der Waals surface area (Å²) in [4.78, 5) is 29.9. The average Bonchev–Trinajstić information content (AvgIpc) is 3.40. The predicted molar refractivity (Wildman–Crippen MR) is 120 cm³/mol. The van der Waals surface area contributed by atoms with Gasteiger partial charge in [-0.05, 0) is 32.0 Å². The molecule has 1 aromatic carbocycles. The molecule has 0 unspecified atom stereocenters. The van der Waals surface area contributed by atoms with Crippen LogP contribution in [0.1, 0.15) is 12.6 Å². The molecule has 1 saturated heterocycles. The summed E-state index contributed by atoms with van der Waals surface area (Å²) in [6.45, 7) is 6.14. The fraction of sp³-hybridized carbons (Fsp3) is 0.261. The molecule has 0 radical (unpaired) electrons. The first kappa shape index (κ1) is 19.2. The molecule has 8 nitrogen and oxygen atoms in total. The zero-order valence-corrected chi connectivity index (χ0v) is 17.8. The highest BCUT2D eigenvalue weighted by atomic mass is 16.2. The summed E-state index contributed by atoms with van der Waals surface area (Å²) >= 11 is 0. The molecule has 0 N–H and O–H groups in total. The van der Waals surface area contributed by atoms with Crippen LogP contribution in [0.4, 0.5) is 10.5 Å². The van der Waals surface area contributed by atoms with Crippen LogP contribution >= 0.6 is 0 Å². The Labute approximate surface area is 180 Å². The normalized spacial score (nSPS) is 14.1. The van der Waals surface area contributed by atoms with E-state index in [2.05, 4.69) is 15.1 Å². The topological polar surface area (TPSA) is 80.0 Å². The van der Waals surface area contributed by atoms with Crippen LogP contribution in [0.5, 0.6) is 0 Å². The van der Waals surface area contributed by atoms with Gasteiger partial charge in [-0.2, -0.15) is 5.10 Å². The number of hydrogen-bond donors (Lipinski definition) is 0. The number of benzene rings is 1. The number of urea groups is 1. The first-order chi connectivity index (χ1) is 15.0. The first-order valence-electron chi connectivity index (χ1n) is 10.3. The van der Waals surface area contributed by atoms with E-state index in [1.165, 1.54) is 0 Å². The van der Waals surface area contributed by atoms with Crippen LogP contribution in [-0.4, -0.2) is 55.8 Å². The Kier molecular flexibility index (Phi) is 4.62. The largest absolute Gasteiger partial charge is 0.326 e. The number of hydrogen-bond acceptors (Lipinski definition) is 5. The van der Waals surface area contributed by atoms with Crippen molar-refractivity contribution in [3.05, 3.63) is 54.7 Å². The lowest BCUT2D eigenvalue weighted by Gasteiger charge is -2.17. The third kappa shape index (κ3) is 3.39. The van der Waals surface area contributed by atoms with Crippen molar-refractivity contribution in [2.45, 2.75) is 20.4 Å². The van der Waals surface area contributed by atoms with Gasteiger partial charge >= 0.3 is 6.03 Å². The van der Waals surface area contributed by atoms with Crippen molar-refractivity contribution in [3.8, 4) is 22.5 Å². The lowest BCUT2D eigenvalue weighted by molar-refractivity contribution is 0.229. The van der Waals surface area contributed by atoms with Crippen LogP contribution in [0.3, 0.4) is 0 Å². The molecule has 156 valence electrons. The maximum Gasteiger partial charge on any atom is 0.324 e. The van der Waals surface area contributed by atoms with Crippen molar-refractivity contribution < 1.29 is 4.79 Å². The van der Waals surface area contributed by atoms with Crippen LogP contribution in [0.25, 0.3) is 33.4 Å². The summed E-state index contributed by atoms with van der Waals surface area (Å²) in [5.74, 6) is 0. The number of anilines is 1. The number of likely N-dealkylation sites (N-methyl/N-ethyl adjacent to an activating group) is 1. The van der Waals surface area contributed by atoms with E-state index in [4.69, 9.17) is 4.98 Å². The van der Waals surface area contributed by atoms with Crippen LogP contribution in [0.2, 0.25) is 0 Å². The van der Waals surface area contributed by atoms with Crippen LogP contribution in [0, 0.1) is 6.92 Å². The fourth-order valence-electron chi connectivity index (χ4n) is 3.83. The van der Waals surface area contributed by atoms with E-state index in [0.29, 0.717) is 13.1 Å². The molecule has 4 aromatic rings. The van der Waals surface area contributed by atoms with Gasteiger partial charge in [0.15, 0.2) is 0 Å². The number of nitrogens with zero attached hydrogens (tertiary/aromatic N) is 7. The van der Waals surface area contributed by atoms with Gasteiger partial charge in [0.1, 0.15) is 0 Å². The minimum atomic E-state index is 0.00403. The Morgan fingerprint density at radius 1 is 1.03 bits per heavy atom. The van der Waals surface area contributed by atoms with Gasteiger partial charge in [0, 0.05) is 61.3 Å². The molecule has 0 aliphatic carbocycles. The monoisotopic (exact) mass is 413 g/mol. The van der Waals surface area contributed by atoms with Gasteiger partial charge in [0.05, 0.1) is 35.0 Å². The second kappa shape index (κ2) is 7.46. The first-order valence-corrected chi connectivity index (χ1v) is 10.3. The number of fused-ring (bicyclic) bond motifs is 1. The molecule has 0 bridgehead atoms. The minimum Gasteiger partial charge on any atom is -0.326 e. The highest BCUT2D eigenvalue weighted by Crippen LogP contribution is 2.33. The molecule has 3 aromatic heterocycles. The zero-order chi connectivity index (χ0) is 21.5. The van der Waals surface area contributed by atoms with E-state index in [-0.39, 0.29) is 6.03 Å². The molecular formula is C23H23N7O. The third-order valence-electron chi connectivity index (χ3n) is 5.63. The number of carbonyl (C=O) groups excluding carboxylic acids is 1. The highest BCUT2D eigenvalue weighted by molar-refractivity contribution is 6.00. The summed E-state index contributed by atoms with van der Waals surface area (Å²) in [5.41, 5.74) is 6.00. The molecule has 31 heavy (non-hydrogen) atoms. The molecule has 0 saturated carbocycles. The number of aromatic nitrogens is 5. The molecule has 5 rings (SSSR count). The van der Waals surface area contributed by atoms with Gasteiger partial charge in [0.2, 0.25) is 0 Å².